The largest absolute Gasteiger partial charge is 0.457 e. The fourth-order valence-corrected chi connectivity index (χ4v) is 16.5. The molecule has 6 unspecified atom stereocenters. The maximum atomic E-state index is 11.9. The normalized spacial score (nSPS) is 13.1. The van der Waals surface area contributed by atoms with Gasteiger partial charge in [-0.2, -0.15) is 0 Å². The van der Waals surface area contributed by atoms with E-state index < -0.39 is 0 Å². The van der Waals surface area contributed by atoms with Crippen molar-refractivity contribution in [1.82, 2.24) is 19.9 Å². The molecule has 0 saturated carbocycles. The van der Waals surface area contributed by atoms with Gasteiger partial charge in [0.05, 0.1) is 182 Å². The van der Waals surface area contributed by atoms with E-state index in [9.17, 15) is 38.4 Å². The van der Waals surface area contributed by atoms with Gasteiger partial charge < -0.3 is 73.8 Å². The highest BCUT2D eigenvalue weighted by Crippen LogP contribution is 2.19. The SMILES string of the molecule is CC(=O)OC(C)C[N+](C)(C)C.CCCC[N+](CC)(CCC)CC(C)OC(C)=O.CCCC[N+](CC)(CCC)CCOC(=O)c1ccncc1.CCC[N+](CC)(CCC)CC(C)OC(C)=O.CCC[N+](CC)(CCC)CCOC(=O)c1ccncc1.CC[N+](CC)(CC)CC(C)OC(C)=O.CC[N+](CC)(CC)CCOC(=O)c1ccncc1.C[N+](C)(C)CCOC(=O)c1ccncc1. The number of pyridine rings is 4. The van der Waals surface area contributed by atoms with Crippen molar-refractivity contribution in [2.24, 2.45) is 0 Å². The van der Waals surface area contributed by atoms with Crippen LogP contribution in [0.4, 0.5) is 0 Å². The van der Waals surface area contributed by atoms with Crippen LogP contribution in [0.2, 0.25) is 0 Å². The summed E-state index contributed by atoms with van der Waals surface area (Å²) >= 11 is 0. The summed E-state index contributed by atoms with van der Waals surface area (Å²) in [5, 5.41) is 0. The predicted octanol–water partition coefficient (Wildman–Crippen LogP) is 17.3. The van der Waals surface area contributed by atoms with Crippen molar-refractivity contribution >= 4 is 47.8 Å². The lowest BCUT2D eigenvalue weighted by atomic mass is 10.2. The quantitative estimate of drug-likeness (QED) is 0.0226. The van der Waals surface area contributed by atoms with Crippen LogP contribution in [0, 0.1) is 0 Å². The summed E-state index contributed by atoms with van der Waals surface area (Å²) in [6.07, 6.45) is 24.8. The zero-order valence-electron chi connectivity index (χ0n) is 89.7. The average molecular weight is 1870 g/mol. The van der Waals surface area contributed by atoms with Gasteiger partial charge in [-0.05, 0) is 197 Å². The summed E-state index contributed by atoms with van der Waals surface area (Å²) in [7, 11) is 12.4. The molecule has 0 spiro atoms. The van der Waals surface area contributed by atoms with Crippen molar-refractivity contribution in [2.75, 3.05) is 239 Å². The van der Waals surface area contributed by atoms with Gasteiger partial charge in [0.1, 0.15) is 103 Å². The Morgan fingerprint density at radius 3 is 0.652 bits per heavy atom. The van der Waals surface area contributed by atoms with Crippen molar-refractivity contribution in [3.05, 3.63) is 120 Å². The lowest BCUT2D eigenvalue weighted by Gasteiger charge is -2.39. The van der Waals surface area contributed by atoms with Gasteiger partial charge in [0.25, 0.3) is 0 Å². The number of aromatic nitrogens is 4. The monoisotopic (exact) mass is 1870 g/mol. The predicted molar refractivity (Wildman–Crippen MR) is 535 cm³/mol. The molecule has 0 saturated heterocycles. The van der Waals surface area contributed by atoms with E-state index in [-0.39, 0.29) is 72.2 Å². The maximum Gasteiger partial charge on any atom is 0.338 e. The Morgan fingerprint density at radius 2 is 0.439 bits per heavy atom. The number of quaternary nitrogens is 8. The van der Waals surface area contributed by atoms with Crippen molar-refractivity contribution in [3.8, 4) is 0 Å². The van der Waals surface area contributed by atoms with Crippen LogP contribution in [0.1, 0.15) is 286 Å². The summed E-state index contributed by atoms with van der Waals surface area (Å²) in [5.74, 6) is -1.78. The minimum atomic E-state index is -0.286. The van der Waals surface area contributed by atoms with Crippen LogP contribution in [0.5, 0.6) is 0 Å². The average Bonchev–Trinajstić information content (AvgIpc) is 0.866. The number of nitrogens with zero attached hydrogens (tertiary/aromatic N) is 12. The molecule has 132 heavy (non-hydrogen) atoms. The molecular formula is C104H196N12O16+8. The van der Waals surface area contributed by atoms with E-state index in [0.717, 1.165) is 193 Å². The fourth-order valence-electron chi connectivity index (χ4n) is 16.5. The topological polar surface area (TPSA) is 262 Å². The molecule has 28 heteroatoms. The number of ether oxygens (including phenoxy) is 8. The Morgan fingerprint density at radius 1 is 0.242 bits per heavy atom. The van der Waals surface area contributed by atoms with Crippen LogP contribution < -0.4 is 0 Å². The number of carbonyl (C=O) groups excluding carboxylic acids is 8. The van der Waals surface area contributed by atoms with Crippen molar-refractivity contribution in [2.45, 2.75) is 269 Å². The fraction of sp³-hybridized carbons (Fsp3) is 0.731. The Balaban J connectivity index is -0.000000714. The maximum absolute atomic E-state index is 11.9. The van der Waals surface area contributed by atoms with E-state index in [1.54, 1.807) is 98.1 Å². The summed E-state index contributed by atoms with van der Waals surface area (Å²) in [6, 6.07) is 13.4. The number of likely N-dealkylation sites (N-methyl/N-ethyl adjacent to an activating group) is 8. The minimum absolute atomic E-state index is 0.00694. The molecule has 0 fully saturated rings. The highest BCUT2D eigenvalue weighted by Gasteiger charge is 2.32. The van der Waals surface area contributed by atoms with Gasteiger partial charge in [0.2, 0.25) is 0 Å². The van der Waals surface area contributed by atoms with Gasteiger partial charge in [-0.25, -0.2) is 19.2 Å². The van der Waals surface area contributed by atoms with Crippen LogP contribution in [0.25, 0.3) is 0 Å². The second-order valence-electron chi connectivity index (χ2n) is 37.1. The van der Waals surface area contributed by atoms with Crippen LogP contribution in [-0.4, -0.2) is 367 Å². The third-order valence-corrected chi connectivity index (χ3v) is 24.1. The van der Waals surface area contributed by atoms with Gasteiger partial charge in [0, 0.05) is 77.3 Å². The van der Waals surface area contributed by atoms with Crippen LogP contribution in [0.15, 0.2) is 98.1 Å². The summed E-state index contributed by atoms with van der Waals surface area (Å²) in [6.45, 7) is 82.8. The third-order valence-electron chi connectivity index (χ3n) is 24.1. The molecule has 4 rings (SSSR count). The molecule has 760 valence electrons. The zero-order chi connectivity index (χ0) is 101. The van der Waals surface area contributed by atoms with Gasteiger partial charge in [0.15, 0.2) is 0 Å². The van der Waals surface area contributed by atoms with Gasteiger partial charge in [-0.1, -0.05) is 68.2 Å². The molecule has 0 aromatic carbocycles. The molecule has 0 aliphatic rings. The van der Waals surface area contributed by atoms with Crippen molar-refractivity contribution in [3.63, 3.8) is 0 Å². The van der Waals surface area contributed by atoms with E-state index in [1.807, 2.05) is 27.7 Å². The van der Waals surface area contributed by atoms with Crippen LogP contribution in [-0.2, 0) is 57.1 Å². The molecule has 6 atom stereocenters. The first-order chi connectivity index (χ1) is 62.3. The smallest absolute Gasteiger partial charge is 0.338 e. The van der Waals surface area contributed by atoms with E-state index in [0.29, 0.717) is 48.7 Å². The van der Waals surface area contributed by atoms with Gasteiger partial charge >= 0.3 is 47.8 Å². The Kier molecular flexibility index (Phi) is 74.3. The zero-order valence-corrected chi connectivity index (χ0v) is 89.7. The highest BCUT2D eigenvalue weighted by molar-refractivity contribution is 5.90. The lowest BCUT2D eigenvalue weighted by Crippen LogP contribution is -2.53. The molecule has 4 aromatic heterocycles. The van der Waals surface area contributed by atoms with Crippen LogP contribution in [0.3, 0.4) is 0 Å². The third kappa shape index (κ3) is 63.3. The Labute approximate surface area is 803 Å². The molecule has 4 aromatic rings. The molecule has 0 amide bonds. The molecular weight excluding hydrogens is 1670 g/mol. The van der Waals surface area contributed by atoms with Crippen molar-refractivity contribution < 1.29 is 112 Å². The van der Waals surface area contributed by atoms with Crippen molar-refractivity contribution in [1.29, 1.82) is 0 Å². The molecule has 0 aliphatic carbocycles. The van der Waals surface area contributed by atoms with E-state index in [1.165, 1.54) is 105 Å². The summed E-state index contributed by atoms with van der Waals surface area (Å²) < 4.78 is 49.8. The Bertz CT molecular complexity index is 3540. The second-order valence-corrected chi connectivity index (χ2v) is 37.1. The molecule has 0 bridgehead atoms. The molecule has 28 nitrogen and oxygen atoms in total. The minimum Gasteiger partial charge on any atom is -0.457 e. The summed E-state index contributed by atoms with van der Waals surface area (Å²) in [4.78, 5) is 106. The number of rotatable bonds is 56. The first-order valence-electron chi connectivity index (χ1n) is 50.0. The number of unbranched alkanes of at least 4 members (excludes halogenated alkanes) is 2. The first-order valence-corrected chi connectivity index (χ1v) is 50.0. The number of esters is 8. The highest BCUT2D eigenvalue weighted by atomic mass is 16.6. The van der Waals surface area contributed by atoms with E-state index >= 15 is 0 Å². The summed E-state index contributed by atoms with van der Waals surface area (Å²) in [5.41, 5.74) is 2.25. The molecule has 0 aliphatic heterocycles. The lowest BCUT2D eigenvalue weighted by molar-refractivity contribution is -0.929. The van der Waals surface area contributed by atoms with Gasteiger partial charge in [-0.3, -0.25) is 39.1 Å². The van der Waals surface area contributed by atoms with E-state index in [2.05, 4.69) is 187 Å². The number of carbonyl (C=O) groups is 8. The first kappa shape index (κ1) is 130. The Hall–Kier alpha value is -7.96. The molecule has 0 radical (unpaired) electrons. The molecule has 0 N–H and O–H groups in total. The van der Waals surface area contributed by atoms with Crippen LogP contribution >= 0.6 is 0 Å². The van der Waals surface area contributed by atoms with Gasteiger partial charge in [-0.15, -0.1) is 0 Å². The number of hydrogen-bond acceptors (Lipinski definition) is 20. The number of hydrogen-bond donors (Lipinski definition) is 0. The molecule has 4 heterocycles. The second kappa shape index (κ2) is 75.3. The standard InChI is InChI=1S/C17H29N2O2.C16H27N2O2.C14H23N2O2.C14H30NO2.C13H28NO2.C11H17N2O2.C11H24NO2.C8H18NO2/c1-4-7-13-19(6-3,12-5-2)14-15-21-17(20)16-8-10-18-11-9-16;1-4-11-18(6-3,12-5-2)13-14-20-16(19)15-7-9-17-10-8-15;1-4-16(5-2,6-3)11-12-18-14(17)13-7-9-15-10-8-13;1-6-9-11-15(8-3,10-7-2)12-13(4)17-14(5)16;1-6-9-14(8-3,10-7-2)11-12(4)16-13(5)15;1-13(2,3)8-9-15-11(14)10-4-6-12-7-5-10;1-6-12(7-2,8-3)9-10(4)14-11(5)13;1-7(11-8(2)10)6-9(3,4)5/h8-11H,4-7,12-15H2,1-3H3;7-10H,4-6,11-14H2,1-3H3;7-10H,4-6,11-12H2,1-3H3;13H,6-12H2,1-5H3;12H,6-11H2,1-5H3;4-7H,8-9H2,1-3H3;10H,6-9H2,1-5H3;7H,6H2,1-5H3/q8*+1. The van der Waals surface area contributed by atoms with E-state index in [4.69, 9.17) is 37.9 Å².